The molecule has 2 aromatic rings. The van der Waals surface area contributed by atoms with Crippen LogP contribution in [0.25, 0.3) is 0 Å². The number of carboxylic acids is 1. The molecule has 2 rings (SSSR count). The number of carboxylic acid groups (broad SMARTS) is 1. The molecule has 0 fully saturated rings. The summed E-state index contributed by atoms with van der Waals surface area (Å²) in [5.74, 6) is -0.881. The maximum Gasteiger partial charge on any atom is 0.335 e. The van der Waals surface area contributed by atoms with Gasteiger partial charge in [0.25, 0.3) is 0 Å². The van der Waals surface area contributed by atoms with Gasteiger partial charge >= 0.3 is 5.97 Å². The van der Waals surface area contributed by atoms with Gasteiger partial charge in [0.2, 0.25) is 0 Å². The molecular weight excluding hydrogens is 250 g/mol. The zero-order valence-corrected chi connectivity index (χ0v) is 12.1. The number of nitrogens with zero attached hydrogens (tertiary/aromatic N) is 1. The van der Waals surface area contributed by atoms with E-state index < -0.39 is 5.97 Å². The first-order valence-corrected chi connectivity index (χ1v) is 6.71. The molecule has 0 aliphatic rings. The number of carbonyl (C=O) groups is 1. The van der Waals surface area contributed by atoms with Crippen LogP contribution >= 0.6 is 0 Å². The SMILES string of the molecule is CCN(c1ccc(C(=O)O)c(C)c1)c1ccccc1C. The van der Waals surface area contributed by atoms with E-state index in [1.807, 2.05) is 31.2 Å². The van der Waals surface area contributed by atoms with Crippen LogP contribution in [-0.2, 0) is 0 Å². The molecule has 3 heteroatoms. The average molecular weight is 269 g/mol. The van der Waals surface area contributed by atoms with Crippen LogP contribution in [0.15, 0.2) is 42.5 Å². The Morgan fingerprint density at radius 1 is 1.10 bits per heavy atom. The fourth-order valence-corrected chi connectivity index (χ4v) is 2.41. The van der Waals surface area contributed by atoms with E-state index in [9.17, 15) is 4.79 Å². The lowest BCUT2D eigenvalue weighted by atomic mass is 10.1. The number of hydrogen-bond acceptors (Lipinski definition) is 2. The lowest BCUT2D eigenvalue weighted by Crippen LogP contribution is -2.17. The van der Waals surface area contributed by atoms with Gasteiger partial charge in [-0.2, -0.15) is 0 Å². The molecule has 0 aliphatic carbocycles. The molecule has 0 saturated carbocycles. The van der Waals surface area contributed by atoms with Crippen molar-refractivity contribution in [3.8, 4) is 0 Å². The molecule has 0 unspecified atom stereocenters. The van der Waals surface area contributed by atoms with Crippen molar-refractivity contribution in [1.82, 2.24) is 0 Å². The second-order valence-corrected chi connectivity index (χ2v) is 4.84. The first-order chi connectivity index (χ1) is 9.54. The molecule has 0 saturated heterocycles. The Morgan fingerprint density at radius 3 is 2.35 bits per heavy atom. The summed E-state index contributed by atoms with van der Waals surface area (Å²) in [4.78, 5) is 13.3. The van der Waals surface area contributed by atoms with Crippen LogP contribution in [0.2, 0.25) is 0 Å². The van der Waals surface area contributed by atoms with E-state index in [4.69, 9.17) is 5.11 Å². The molecule has 0 heterocycles. The molecule has 0 radical (unpaired) electrons. The Hall–Kier alpha value is -2.29. The lowest BCUT2D eigenvalue weighted by Gasteiger charge is -2.25. The number of benzene rings is 2. The van der Waals surface area contributed by atoms with E-state index in [-0.39, 0.29) is 0 Å². The summed E-state index contributed by atoms with van der Waals surface area (Å²) in [5.41, 5.74) is 4.51. The highest BCUT2D eigenvalue weighted by Crippen LogP contribution is 2.29. The van der Waals surface area contributed by atoms with Gasteiger partial charge in [-0.15, -0.1) is 0 Å². The van der Waals surface area contributed by atoms with Crippen LogP contribution in [0.1, 0.15) is 28.4 Å². The van der Waals surface area contributed by atoms with Crippen molar-refractivity contribution in [2.75, 3.05) is 11.4 Å². The molecule has 3 nitrogen and oxygen atoms in total. The Balaban J connectivity index is 2.46. The second-order valence-electron chi connectivity index (χ2n) is 4.84. The van der Waals surface area contributed by atoms with Crippen molar-refractivity contribution in [3.05, 3.63) is 59.2 Å². The van der Waals surface area contributed by atoms with Gasteiger partial charge in [0.15, 0.2) is 0 Å². The van der Waals surface area contributed by atoms with Crippen LogP contribution in [0.3, 0.4) is 0 Å². The van der Waals surface area contributed by atoms with Crippen LogP contribution < -0.4 is 4.90 Å². The summed E-state index contributed by atoms with van der Waals surface area (Å²) in [6.45, 7) is 6.83. The fraction of sp³-hybridized carbons (Fsp3) is 0.235. The summed E-state index contributed by atoms with van der Waals surface area (Å²) in [5, 5.41) is 9.10. The average Bonchev–Trinajstić information content (AvgIpc) is 2.41. The van der Waals surface area contributed by atoms with Crippen molar-refractivity contribution >= 4 is 17.3 Å². The van der Waals surface area contributed by atoms with Gasteiger partial charge < -0.3 is 10.0 Å². The number of aromatic carboxylic acids is 1. The van der Waals surface area contributed by atoms with Gasteiger partial charge in [0.05, 0.1) is 5.56 Å². The predicted molar refractivity (Wildman–Crippen MR) is 82.0 cm³/mol. The Morgan fingerprint density at radius 2 is 1.80 bits per heavy atom. The van der Waals surface area contributed by atoms with Crippen molar-refractivity contribution in [1.29, 1.82) is 0 Å². The third kappa shape index (κ3) is 2.67. The highest BCUT2D eigenvalue weighted by atomic mass is 16.4. The molecule has 0 spiro atoms. The van der Waals surface area contributed by atoms with E-state index >= 15 is 0 Å². The zero-order chi connectivity index (χ0) is 14.7. The molecule has 0 aliphatic heterocycles. The van der Waals surface area contributed by atoms with Gasteiger partial charge in [-0.3, -0.25) is 0 Å². The second kappa shape index (κ2) is 5.78. The first kappa shape index (κ1) is 14.1. The first-order valence-electron chi connectivity index (χ1n) is 6.71. The third-order valence-electron chi connectivity index (χ3n) is 3.47. The van der Waals surface area contributed by atoms with Gasteiger partial charge in [0, 0.05) is 17.9 Å². The summed E-state index contributed by atoms with van der Waals surface area (Å²) in [7, 11) is 0. The number of hydrogen-bond donors (Lipinski definition) is 1. The molecule has 2 aromatic carbocycles. The van der Waals surface area contributed by atoms with Gasteiger partial charge in [-0.1, -0.05) is 18.2 Å². The summed E-state index contributed by atoms with van der Waals surface area (Å²) in [6.07, 6.45) is 0. The van der Waals surface area contributed by atoms with Crippen LogP contribution in [0.5, 0.6) is 0 Å². The third-order valence-corrected chi connectivity index (χ3v) is 3.47. The topological polar surface area (TPSA) is 40.5 Å². The minimum atomic E-state index is -0.881. The van der Waals surface area contributed by atoms with Crippen molar-refractivity contribution in [2.24, 2.45) is 0 Å². The quantitative estimate of drug-likeness (QED) is 0.906. The number of anilines is 2. The minimum Gasteiger partial charge on any atom is -0.478 e. The Labute approximate surface area is 119 Å². The number of para-hydroxylation sites is 1. The molecule has 0 atom stereocenters. The van der Waals surface area contributed by atoms with E-state index in [0.717, 1.165) is 23.5 Å². The number of aryl methyl sites for hydroxylation is 2. The van der Waals surface area contributed by atoms with E-state index in [2.05, 4.69) is 30.9 Å². The molecule has 104 valence electrons. The summed E-state index contributed by atoms with van der Waals surface area (Å²) in [6, 6.07) is 13.7. The van der Waals surface area contributed by atoms with Gasteiger partial charge in [-0.25, -0.2) is 4.79 Å². The number of rotatable bonds is 4. The lowest BCUT2D eigenvalue weighted by molar-refractivity contribution is 0.0696. The molecule has 1 N–H and O–H groups in total. The highest BCUT2D eigenvalue weighted by molar-refractivity contribution is 5.90. The van der Waals surface area contributed by atoms with Gasteiger partial charge in [0.1, 0.15) is 0 Å². The van der Waals surface area contributed by atoms with Crippen molar-refractivity contribution in [3.63, 3.8) is 0 Å². The van der Waals surface area contributed by atoms with Crippen molar-refractivity contribution < 1.29 is 9.90 Å². The Bertz CT molecular complexity index is 635. The smallest absolute Gasteiger partial charge is 0.335 e. The van der Waals surface area contributed by atoms with Crippen LogP contribution in [0, 0.1) is 13.8 Å². The van der Waals surface area contributed by atoms with E-state index in [1.165, 1.54) is 5.56 Å². The molecular formula is C17H19NO2. The summed E-state index contributed by atoms with van der Waals surface area (Å²) < 4.78 is 0. The summed E-state index contributed by atoms with van der Waals surface area (Å²) >= 11 is 0. The fourth-order valence-electron chi connectivity index (χ4n) is 2.41. The van der Waals surface area contributed by atoms with Crippen LogP contribution in [-0.4, -0.2) is 17.6 Å². The monoisotopic (exact) mass is 269 g/mol. The van der Waals surface area contributed by atoms with Crippen LogP contribution in [0.4, 0.5) is 11.4 Å². The molecule has 0 bridgehead atoms. The van der Waals surface area contributed by atoms with Crippen molar-refractivity contribution in [2.45, 2.75) is 20.8 Å². The standard InChI is InChI=1S/C17H19NO2/c1-4-18(16-8-6-5-7-12(16)2)14-9-10-15(17(19)20)13(3)11-14/h5-11H,4H2,1-3H3,(H,19,20). The maximum absolute atomic E-state index is 11.1. The normalized spacial score (nSPS) is 10.3. The van der Waals surface area contributed by atoms with E-state index in [1.54, 1.807) is 6.07 Å². The molecule has 0 amide bonds. The zero-order valence-electron chi connectivity index (χ0n) is 12.1. The maximum atomic E-state index is 11.1. The molecule has 0 aromatic heterocycles. The minimum absolute atomic E-state index is 0.356. The Kier molecular flexibility index (Phi) is 4.08. The largest absolute Gasteiger partial charge is 0.478 e. The van der Waals surface area contributed by atoms with E-state index in [0.29, 0.717) is 5.56 Å². The highest BCUT2D eigenvalue weighted by Gasteiger charge is 2.12. The predicted octanol–water partition coefficient (Wildman–Crippen LogP) is 4.16. The van der Waals surface area contributed by atoms with Gasteiger partial charge in [-0.05, 0) is 56.2 Å². The molecule has 20 heavy (non-hydrogen) atoms.